The largest absolute Gasteiger partial charge is 0.490 e. The topological polar surface area (TPSA) is 72.5 Å². The van der Waals surface area contributed by atoms with Crippen molar-refractivity contribution in [3.63, 3.8) is 0 Å². The molecular formula is C20H23N3O3S. The maximum absolute atomic E-state index is 12.3. The third-order valence-corrected chi connectivity index (χ3v) is 4.88. The highest BCUT2D eigenvalue weighted by atomic mass is 32.1. The SMILES string of the molecule is CCOc1ccc([C@H](C)NC(=O)Nc2nc3ccccc3s2)cc1OCC. The van der Waals surface area contributed by atoms with E-state index in [0.29, 0.717) is 29.8 Å². The number of amides is 2. The van der Waals surface area contributed by atoms with E-state index in [1.165, 1.54) is 11.3 Å². The van der Waals surface area contributed by atoms with Crippen LogP contribution in [0.1, 0.15) is 32.4 Å². The van der Waals surface area contributed by atoms with Crippen LogP contribution in [0.4, 0.5) is 9.93 Å². The number of benzene rings is 2. The van der Waals surface area contributed by atoms with Gasteiger partial charge in [-0.2, -0.15) is 0 Å². The van der Waals surface area contributed by atoms with Gasteiger partial charge in [-0.25, -0.2) is 9.78 Å². The number of urea groups is 1. The number of nitrogens with zero attached hydrogens (tertiary/aromatic N) is 1. The molecule has 3 rings (SSSR count). The Hall–Kier alpha value is -2.80. The van der Waals surface area contributed by atoms with Crippen molar-refractivity contribution in [2.75, 3.05) is 18.5 Å². The van der Waals surface area contributed by atoms with Crippen LogP contribution in [0, 0.1) is 0 Å². The Labute approximate surface area is 162 Å². The van der Waals surface area contributed by atoms with E-state index in [1.807, 2.05) is 63.2 Å². The summed E-state index contributed by atoms with van der Waals surface area (Å²) in [7, 11) is 0. The molecule has 0 radical (unpaired) electrons. The first-order chi connectivity index (χ1) is 13.1. The fourth-order valence-corrected chi connectivity index (χ4v) is 3.54. The predicted molar refractivity (Wildman–Crippen MR) is 109 cm³/mol. The Morgan fingerprint density at radius 3 is 2.59 bits per heavy atom. The van der Waals surface area contributed by atoms with E-state index in [2.05, 4.69) is 15.6 Å². The highest BCUT2D eigenvalue weighted by Gasteiger charge is 2.14. The van der Waals surface area contributed by atoms with Crippen molar-refractivity contribution in [1.29, 1.82) is 0 Å². The molecule has 0 aliphatic carbocycles. The highest BCUT2D eigenvalue weighted by molar-refractivity contribution is 7.22. The molecule has 0 fully saturated rings. The van der Waals surface area contributed by atoms with Crippen molar-refractivity contribution in [1.82, 2.24) is 10.3 Å². The second kappa shape index (κ2) is 8.73. The van der Waals surface area contributed by atoms with Gasteiger partial charge in [0.25, 0.3) is 0 Å². The summed E-state index contributed by atoms with van der Waals surface area (Å²) in [5, 5.41) is 6.31. The standard InChI is InChI=1S/C20H23N3O3S/c1-4-25-16-11-10-14(12-17(16)26-5-2)13(3)21-19(24)23-20-22-15-8-6-7-9-18(15)27-20/h6-13H,4-5H2,1-3H3,(H2,21,22,23,24)/t13-/m0/s1. The molecule has 0 spiro atoms. The zero-order valence-corrected chi connectivity index (χ0v) is 16.4. The van der Waals surface area contributed by atoms with Gasteiger partial charge in [-0.1, -0.05) is 29.5 Å². The van der Waals surface area contributed by atoms with Crippen molar-refractivity contribution < 1.29 is 14.3 Å². The van der Waals surface area contributed by atoms with Crippen LogP contribution in [0.15, 0.2) is 42.5 Å². The fourth-order valence-electron chi connectivity index (χ4n) is 2.68. The summed E-state index contributed by atoms with van der Waals surface area (Å²) in [6.07, 6.45) is 0. The molecule has 6 nitrogen and oxygen atoms in total. The number of thiazole rings is 1. The van der Waals surface area contributed by atoms with Gasteiger partial charge in [0.1, 0.15) is 0 Å². The molecule has 0 unspecified atom stereocenters. The predicted octanol–water partition coefficient (Wildman–Crippen LogP) is 4.98. The third kappa shape index (κ3) is 4.68. The normalized spacial score (nSPS) is 11.8. The lowest BCUT2D eigenvalue weighted by Gasteiger charge is -2.17. The van der Waals surface area contributed by atoms with Gasteiger partial charge in [0.15, 0.2) is 16.6 Å². The van der Waals surface area contributed by atoms with E-state index in [-0.39, 0.29) is 12.1 Å². The van der Waals surface area contributed by atoms with Crippen LogP contribution in [-0.2, 0) is 0 Å². The first-order valence-electron chi connectivity index (χ1n) is 8.93. The second-order valence-corrected chi connectivity index (χ2v) is 6.91. The van der Waals surface area contributed by atoms with Crippen molar-refractivity contribution >= 4 is 32.7 Å². The number of hydrogen-bond acceptors (Lipinski definition) is 5. The second-order valence-electron chi connectivity index (χ2n) is 5.88. The van der Waals surface area contributed by atoms with Crippen LogP contribution in [0.2, 0.25) is 0 Å². The van der Waals surface area contributed by atoms with E-state index < -0.39 is 0 Å². The van der Waals surface area contributed by atoms with Crippen LogP contribution < -0.4 is 20.1 Å². The molecule has 0 saturated heterocycles. The van der Waals surface area contributed by atoms with Crippen molar-refractivity contribution in [2.45, 2.75) is 26.8 Å². The molecule has 0 aliphatic heterocycles. The summed E-state index contributed by atoms with van der Waals surface area (Å²) in [5.74, 6) is 1.38. The molecule has 0 saturated carbocycles. The molecule has 2 amide bonds. The van der Waals surface area contributed by atoms with Gasteiger partial charge in [0.05, 0.1) is 29.5 Å². The molecule has 1 heterocycles. The van der Waals surface area contributed by atoms with Gasteiger partial charge in [-0.05, 0) is 50.6 Å². The smallest absolute Gasteiger partial charge is 0.321 e. The fraction of sp³-hybridized carbons (Fsp3) is 0.300. The van der Waals surface area contributed by atoms with Crippen LogP contribution in [0.3, 0.4) is 0 Å². The number of fused-ring (bicyclic) bond motifs is 1. The van der Waals surface area contributed by atoms with Gasteiger partial charge >= 0.3 is 6.03 Å². The van der Waals surface area contributed by atoms with Crippen LogP contribution in [0.25, 0.3) is 10.2 Å². The monoisotopic (exact) mass is 385 g/mol. The average Bonchev–Trinajstić information content (AvgIpc) is 3.05. The Kier molecular flexibility index (Phi) is 6.13. The molecule has 2 N–H and O–H groups in total. The van der Waals surface area contributed by atoms with Gasteiger partial charge in [0.2, 0.25) is 0 Å². The number of hydrogen-bond donors (Lipinski definition) is 2. The van der Waals surface area contributed by atoms with Crippen LogP contribution >= 0.6 is 11.3 Å². The molecule has 3 aromatic rings. The van der Waals surface area contributed by atoms with Gasteiger partial charge in [-0.15, -0.1) is 0 Å². The minimum Gasteiger partial charge on any atom is -0.490 e. The maximum Gasteiger partial charge on any atom is 0.321 e. The number of aromatic nitrogens is 1. The maximum atomic E-state index is 12.3. The lowest BCUT2D eigenvalue weighted by molar-refractivity contribution is 0.249. The molecule has 0 aliphatic rings. The molecule has 1 aromatic heterocycles. The van der Waals surface area contributed by atoms with Gasteiger partial charge in [0, 0.05) is 0 Å². The molecule has 27 heavy (non-hydrogen) atoms. The van der Waals surface area contributed by atoms with E-state index in [0.717, 1.165) is 15.8 Å². The van der Waals surface area contributed by atoms with Gasteiger partial charge in [-0.3, -0.25) is 5.32 Å². The molecule has 1 atom stereocenters. The average molecular weight is 385 g/mol. The van der Waals surface area contributed by atoms with E-state index >= 15 is 0 Å². The molecule has 0 bridgehead atoms. The number of carbonyl (C=O) groups is 1. The number of ether oxygens (including phenoxy) is 2. The van der Waals surface area contributed by atoms with Crippen molar-refractivity contribution in [2.24, 2.45) is 0 Å². The highest BCUT2D eigenvalue weighted by Crippen LogP contribution is 2.31. The van der Waals surface area contributed by atoms with E-state index in [1.54, 1.807) is 0 Å². The number of rotatable bonds is 7. The summed E-state index contributed by atoms with van der Waals surface area (Å²) in [4.78, 5) is 16.8. The first kappa shape index (κ1) is 19.0. The van der Waals surface area contributed by atoms with Crippen LogP contribution in [0.5, 0.6) is 11.5 Å². The van der Waals surface area contributed by atoms with Gasteiger partial charge < -0.3 is 14.8 Å². The van der Waals surface area contributed by atoms with Crippen LogP contribution in [-0.4, -0.2) is 24.2 Å². The molecule has 2 aromatic carbocycles. The minimum atomic E-state index is -0.298. The molecule has 142 valence electrons. The Bertz CT molecular complexity index is 893. The number of nitrogens with one attached hydrogen (secondary N) is 2. The first-order valence-corrected chi connectivity index (χ1v) is 9.75. The summed E-state index contributed by atoms with van der Waals surface area (Å²) < 4.78 is 12.3. The zero-order chi connectivity index (χ0) is 19.2. The minimum absolute atomic E-state index is 0.200. The third-order valence-electron chi connectivity index (χ3n) is 3.93. The molecular weight excluding hydrogens is 362 g/mol. The number of para-hydroxylation sites is 1. The van der Waals surface area contributed by atoms with E-state index in [9.17, 15) is 4.79 Å². The summed E-state index contributed by atoms with van der Waals surface area (Å²) >= 11 is 1.45. The Morgan fingerprint density at radius 1 is 1.11 bits per heavy atom. The quantitative estimate of drug-likeness (QED) is 0.602. The Balaban J connectivity index is 1.67. The number of carbonyl (C=O) groups excluding carboxylic acids is 1. The summed E-state index contributed by atoms with van der Waals surface area (Å²) in [5.41, 5.74) is 1.81. The summed E-state index contributed by atoms with van der Waals surface area (Å²) in [6, 6.07) is 13.0. The van der Waals surface area contributed by atoms with E-state index in [4.69, 9.17) is 9.47 Å². The summed E-state index contributed by atoms with van der Waals surface area (Å²) in [6.45, 7) is 6.89. The number of anilines is 1. The molecule has 7 heteroatoms. The Morgan fingerprint density at radius 2 is 1.85 bits per heavy atom. The van der Waals surface area contributed by atoms with Crippen molar-refractivity contribution in [3.8, 4) is 11.5 Å². The lowest BCUT2D eigenvalue weighted by Crippen LogP contribution is -2.31. The lowest BCUT2D eigenvalue weighted by atomic mass is 10.1. The van der Waals surface area contributed by atoms with Crippen molar-refractivity contribution in [3.05, 3.63) is 48.0 Å². The zero-order valence-electron chi connectivity index (χ0n) is 15.6.